The fraction of sp³-hybridized carbons (Fsp3) is 0.286. The molecule has 0 radical (unpaired) electrons. The number of anilines is 3. The number of nitrogens with zero attached hydrogens (tertiary/aromatic N) is 2. The maximum Gasteiger partial charge on any atom is 0.148 e. The van der Waals surface area contributed by atoms with Crippen molar-refractivity contribution >= 4 is 40.5 Å². The second-order valence-corrected chi connectivity index (χ2v) is 5.89. The van der Waals surface area contributed by atoms with Gasteiger partial charge in [0.05, 0.1) is 10.0 Å². The summed E-state index contributed by atoms with van der Waals surface area (Å²) < 4.78 is 0. The average Bonchev–Trinajstić information content (AvgIpc) is 3.29. The minimum Gasteiger partial charge on any atom is -0.340 e. The molecule has 1 aliphatic rings. The van der Waals surface area contributed by atoms with Crippen LogP contribution in [0, 0.1) is 6.92 Å². The van der Waals surface area contributed by atoms with E-state index < -0.39 is 0 Å². The number of aromatic nitrogens is 2. The average molecular weight is 324 g/mol. The van der Waals surface area contributed by atoms with Crippen molar-refractivity contribution in [3.8, 4) is 0 Å². The Morgan fingerprint density at radius 1 is 1.14 bits per heavy atom. The lowest BCUT2D eigenvalue weighted by Gasteiger charge is -2.14. The summed E-state index contributed by atoms with van der Waals surface area (Å²) in [4.78, 5) is 9.05. The molecule has 1 heterocycles. The van der Waals surface area contributed by atoms with E-state index in [1.165, 1.54) is 0 Å². The normalized spacial score (nSPS) is 14.1. The van der Waals surface area contributed by atoms with Crippen LogP contribution in [0.25, 0.3) is 0 Å². The summed E-state index contributed by atoms with van der Waals surface area (Å²) in [6.45, 7) is 1.91. The summed E-state index contributed by atoms with van der Waals surface area (Å²) in [5.74, 6) is 8.15. The third-order valence-electron chi connectivity index (χ3n) is 3.42. The zero-order chi connectivity index (χ0) is 15.0. The van der Waals surface area contributed by atoms with Gasteiger partial charge < -0.3 is 10.7 Å². The molecule has 5 nitrogen and oxygen atoms in total. The number of rotatable bonds is 4. The van der Waals surface area contributed by atoms with E-state index in [0.29, 0.717) is 21.8 Å². The van der Waals surface area contributed by atoms with Gasteiger partial charge in [0, 0.05) is 17.2 Å². The number of hydrogen-bond acceptors (Lipinski definition) is 5. The van der Waals surface area contributed by atoms with Crippen LogP contribution in [0.15, 0.2) is 18.2 Å². The summed E-state index contributed by atoms with van der Waals surface area (Å²) in [6.07, 6.45) is 2.25. The fourth-order valence-corrected chi connectivity index (χ4v) is 2.33. The lowest BCUT2D eigenvalue weighted by molar-refractivity contribution is 0.920. The molecular formula is C14H15Cl2N5. The first kappa shape index (κ1) is 14.4. The highest BCUT2D eigenvalue weighted by Crippen LogP contribution is 2.40. The SMILES string of the molecule is Cc1c(NN)nc(C2CC2)nc1Nc1ccc(Cl)c(Cl)c1. The van der Waals surface area contributed by atoms with Crippen molar-refractivity contribution in [1.82, 2.24) is 9.97 Å². The molecule has 0 aliphatic heterocycles. The van der Waals surface area contributed by atoms with Crippen molar-refractivity contribution in [3.63, 3.8) is 0 Å². The number of hydrogen-bond donors (Lipinski definition) is 3. The molecule has 110 valence electrons. The van der Waals surface area contributed by atoms with Crippen LogP contribution in [0.1, 0.15) is 30.1 Å². The zero-order valence-electron chi connectivity index (χ0n) is 11.5. The maximum absolute atomic E-state index is 6.03. The van der Waals surface area contributed by atoms with Gasteiger partial charge in [-0.15, -0.1) is 0 Å². The maximum atomic E-state index is 6.03. The third-order valence-corrected chi connectivity index (χ3v) is 4.16. The molecule has 0 atom stereocenters. The van der Waals surface area contributed by atoms with Crippen LogP contribution in [-0.2, 0) is 0 Å². The minimum atomic E-state index is 0.437. The molecule has 0 saturated heterocycles. The van der Waals surface area contributed by atoms with Gasteiger partial charge in [-0.3, -0.25) is 0 Å². The molecule has 0 bridgehead atoms. The highest BCUT2D eigenvalue weighted by atomic mass is 35.5. The molecule has 21 heavy (non-hydrogen) atoms. The van der Waals surface area contributed by atoms with Crippen molar-refractivity contribution in [2.24, 2.45) is 5.84 Å². The highest BCUT2D eigenvalue weighted by molar-refractivity contribution is 6.42. The van der Waals surface area contributed by atoms with Gasteiger partial charge in [-0.25, -0.2) is 15.8 Å². The van der Waals surface area contributed by atoms with E-state index in [1.807, 2.05) is 13.0 Å². The van der Waals surface area contributed by atoms with Crippen molar-refractivity contribution in [2.75, 3.05) is 10.7 Å². The van der Waals surface area contributed by atoms with Crippen molar-refractivity contribution < 1.29 is 0 Å². The van der Waals surface area contributed by atoms with Gasteiger partial charge in [0.15, 0.2) is 0 Å². The Labute approximate surface area is 132 Å². The minimum absolute atomic E-state index is 0.437. The van der Waals surface area contributed by atoms with Crippen LogP contribution >= 0.6 is 23.2 Å². The molecule has 3 rings (SSSR count). The summed E-state index contributed by atoms with van der Waals surface area (Å²) in [6, 6.07) is 5.35. The Balaban J connectivity index is 1.96. The van der Waals surface area contributed by atoms with E-state index in [1.54, 1.807) is 12.1 Å². The Morgan fingerprint density at radius 2 is 1.86 bits per heavy atom. The monoisotopic (exact) mass is 323 g/mol. The first-order chi connectivity index (χ1) is 10.1. The number of nitrogen functional groups attached to an aromatic ring is 1. The van der Waals surface area contributed by atoms with E-state index in [2.05, 4.69) is 20.7 Å². The Morgan fingerprint density at radius 3 is 2.48 bits per heavy atom. The Kier molecular flexibility index (Phi) is 3.89. The molecule has 1 aliphatic carbocycles. The van der Waals surface area contributed by atoms with Gasteiger partial charge in [0.2, 0.25) is 0 Å². The van der Waals surface area contributed by atoms with Gasteiger partial charge in [0.1, 0.15) is 17.5 Å². The van der Waals surface area contributed by atoms with Gasteiger partial charge in [0.25, 0.3) is 0 Å². The van der Waals surface area contributed by atoms with Crippen LogP contribution < -0.4 is 16.6 Å². The van der Waals surface area contributed by atoms with Gasteiger partial charge in [-0.2, -0.15) is 0 Å². The summed E-state index contributed by atoms with van der Waals surface area (Å²) >= 11 is 12.0. The Hall–Kier alpha value is -1.56. The highest BCUT2D eigenvalue weighted by Gasteiger charge is 2.28. The number of halogens is 2. The smallest absolute Gasteiger partial charge is 0.148 e. The van der Waals surface area contributed by atoms with E-state index >= 15 is 0 Å². The van der Waals surface area contributed by atoms with Crippen LogP contribution in [0.2, 0.25) is 10.0 Å². The number of hydrazine groups is 1. The van der Waals surface area contributed by atoms with E-state index in [9.17, 15) is 0 Å². The molecule has 1 aromatic carbocycles. The first-order valence-corrected chi connectivity index (χ1v) is 7.41. The molecule has 7 heteroatoms. The quantitative estimate of drug-likeness (QED) is 0.585. The first-order valence-electron chi connectivity index (χ1n) is 6.65. The lowest BCUT2D eigenvalue weighted by atomic mass is 10.2. The summed E-state index contributed by atoms with van der Waals surface area (Å²) in [5, 5.41) is 4.26. The van der Waals surface area contributed by atoms with Crippen LogP contribution in [0.3, 0.4) is 0 Å². The predicted octanol–water partition coefficient (Wildman–Crippen LogP) is 4.00. The molecule has 0 spiro atoms. The summed E-state index contributed by atoms with van der Waals surface area (Å²) in [7, 11) is 0. The number of benzene rings is 1. The second kappa shape index (κ2) is 5.67. The van der Waals surface area contributed by atoms with Crippen LogP contribution in [0.5, 0.6) is 0 Å². The fourth-order valence-electron chi connectivity index (χ4n) is 2.03. The molecular weight excluding hydrogens is 309 g/mol. The largest absolute Gasteiger partial charge is 0.340 e. The van der Waals surface area contributed by atoms with Crippen molar-refractivity contribution in [1.29, 1.82) is 0 Å². The summed E-state index contributed by atoms with van der Waals surface area (Å²) in [5.41, 5.74) is 4.30. The van der Waals surface area contributed by atoms with Crippen LogP contribution in [0.4, 0.5) is 17.3 Å². The standard InChI is InChI=1S/C14H15Cl2N5/c1-7-12(18-9-4-5-10(15)11(16)6-9)19-14(8-2-3-8)20-13(7)21-17/h4-6,8H,2-3,17H2,1H3,(H2,18,19,20,21). The van der Waals surface area contributed by atoms with Gasteiger partial charge in [-0.05, 0) is 38.0 Å². The van der Waals surface area contributed by atoms with Crippen molar-refractivity contribution in [3.05, 3.63) is 39.6 Å². The van der Waals surface area contributed by atoms with Gasteiger partial charge >= 0.3 is 0 Å². The van der Waals surface area contributed by atoms with Crippen LogP contribution in [-0.4, -0.2) is 9.97 Å². The van der Waals surface area contributed by atoms with E-state index in [-0.39, 0.29) is 0 Å². The molecule has 1 saturated carbocycles. The molecule has 0 unspecified atom stereocenters. The van der Waals surface area contributed by atoms with Gasteiger partial charge in [-0.1, -0.05) is 23.2 Å². The predicted molar refractivity (Wildman–Crippen MR) is 86.3 cm³/mol. The zero-order valence-corrected chi connectivity index (χ0v) is 13.0. The third kappa shape index (κ3) is 3.05. The number of nitrogens with two attached hydrogens (primary N) is 1. The molecule has 2 aromatic rings. The topological polar surface area (TPSA) is 75.9 Å². The molecule has 1 aromatic heterocycles. The Bertz CT molecular complexity index is 685. The number of nitrogens with one attached hydrogen (secondary N) is 2. The second-order valence-electron chi connectivity index (χ2n) is 5.08. The van der Waals surface area contributed by atoms with Crippen molar-refractivity contribution in [2.45, 2.75) is 25.7 Å². The molecule has 4 N–H and O–H groups in total. The molecule has 1 fully saturated rings. The molecule has 0 amide bonds. The van der Waals surface area contributed by atoms with E-state index in [0.717, 1.165) is 35.7 Å². The lowest BCUT2D eigenvalue weighted by Crippen LogP contribution is -2.13. The van der Waals surface area contributed by atoms with E-state index in [4.69, 9.17) is 29.0 Å².